The van der Waals surface area contributed by atoms with Gasteiger partial charge in [0.1, 0.15) is 30.0 Å². The van der Waals surface area contributed by atoms with Crippen LogP contribution in [0.25, 0.3) is 22.0 Å². The Hall–Kier alpha value is -2.99. The molecular weight excluding hydrogens is 346 g/mol. The number of pyridine rings is 1. The molecule has 2 aromatic carbocycles. The molecule has 0 saturated carbocycles. The maximum Gasteiger partial charge on any atom is 0.258 e. The fourth-order valence-corrected chi connectivity index (χ4v) is 3.07. The third-order valence-electron chi connectivity index (χ3n) is 4.74. The third-order valence-corrected chi connectivity index (χ3v) is 4.74. The molecule has 2 heterocycles. The van der Waals surface area contributed by atoms with Crippen LogP contribution in [0.1, 0.15) is 0 Å². The number of hydrogen-bond donors (Lipinski definition) is 0. The first-order valence-corrected chi connectivity index (χ1v) is 8.71. The topological polar surface area (TPSA) is 62.2 Å². The molecule has 6 heteroatoms. The Bertz CT molecular complexity index is 1050. The molecule has 1 fully saturated rings. The summed E-state index contributed by atoms with van der Waals surface area (Å²) in [7, 11) is 4.96. The molecule has 140 valence electrons. The molecule has 1 saturated heterocycles. The van der Waals surface area contributed by atoms with Crippen molar-refractivity contribution in [3.05, 3.63) is 52.8 Å². The molecule has 1 aliphatic rings. The van der Waals surface area contributed by atoms with E-state index in [1.807, 2.05) is 36.4 Å². The highest BCUT2D eigenvalue weighted by molar-refractivity contribution is 5.87. The second-order valence-electron chi connectivity index (χ2n) is 6.48. The number of fused-ring (bicyclic) bond motifs is 1. The van der Waals surface area contributed by atoms with E-state index in [1.54, 1.807) is 31.9 Å². The Morgan fingerprint density at radius 3 is 2.48 bits per heavy atom. The number of benzene rings is 2. The van der Waals surface area contributed by atoms with Gasteiger partial charge in [0.05, 0.1) is 31.9 Å². The number of epoxide rings is 1. The number of methoxy groups -OCH3 is 2. The van der Waals surface area contributed by atoms with Gasteiger partial charge >= 0.3 is 0 Å². The van der Waals surface area contributed by atoms with E-state index in [0.29, 0.717) is 29.2 Å². The summed E-state index contributed by atoms with van der Waals surface area (Å²) < 4.78 is 23.4. The van der Waals surface area contributed by atoms with Crippen molar-refractivity contribution in [1.29, 1.82) is 0 Å². The van der Waals surface area contributed by atoms with Gasteiger partial charge in [-0.3, -0.25) is 4.79 Å². The zero-order chi connectivity index (χ0) is 19.0. The average Bonchev–Trinajstić information content (AvgIpc) is 3.53. The first kappa shape index (κ1) is 17.4. The smallest absolute Gasteiger partial charge is 0.258 e. The minimum absolute atomic E-state index is 0.0892. The summed E-state index contributed by atoms with van der Waals surface area (Å²) in [6.07, 6.45) is 0.136. The van der Waals surface area contributed by atoms with Gasteiger partial charge in [0.25, 0.3) is 5.56 Å². The molecule has 1 aromatic heterocycles. The molecule has 1 unspecified atom stereocenters. The van der Waals surface area contributed by atoms with E-state index in [2.05, 4.69) is 0 Å². The van der Waals surface area contributed by atoms with Crippen LogP contribution in [-0.4, -0.2) is 38.1 Å². The van der Waals surface area contributed by atoms with Crippen LogP contribution >= 0.6 is 0 Å². The molecule has 6 nitrogen and oxygen atoms in total. The van der Waals surface area contributed by atoms with E-state index in [9.17, 15) is 4.79 Å². The summed E-state index contributed by atoms with van der Waals surface area (Å²) in [4.78, 5) is 12.9. The van der Waals surface area contributed by atoms with E-state index in [-0.39, 0.29) is 11.7 Å². The van der Waals surface area contributed by atoms with Gasteiger partial charge in [-0.15, -0.1) is 0 Å². The normalized spacial score (nSPS) is 15.6. The molecular formula is C21H21NO5. The van der Waals surface area contributed by atoms with Gasteiger partial charge < -0.3 is 23.5 Å². The van der Waals surface area contributed by atoms with Crippen LogP contribution in [-0.2, 0) is 11.8 Å². The monoisotopic (exact) mass is 367 g/mol. The van der Waals surface area contributed by atoms with Gasteiger partial charge in [-0.1, -0.05) is 6.07 Å². The fraction of sp³-hybridized carbons (Fsp3) is 0.286. The highest BCUT2D eigenvalue weighted by Gasteiger charge is 2.24. The Morgan fingerprint density at radius 1 is 1.07 bits per heavy atom. The van der Waals surface area contributed by atoms with Crippen LogP contribution < -0.4 is 19.8 Å². The largest absolute Gasteiger partial charge is 0.497 e. The maximum atomic E-state index is 12.9. The average molecular weight is 367 g/mol. The van der Waals surface area contributed by atoms with Crippen LogP contribution in [0.3, 0.4) is 0 Å². The standard InChI is InChI=1S/C21H21NO5/c1-22-19(8-13-4-5-14(24-2)9-18(13)21(22)23)17-7-6-15(25-3)10-20(17)27-12-16-11-26-16/h4-10,16H,11-12H2,1-3H3. The number of hydrogen-bond acceptors (Lipinski definition) is 5. The minimum Gasteiger partial charge on any atom is -0.497 e. The summed E-state index contributed by atoms with van der Waals surface area (Å²) in [6.45, 7) is 1.19. The summed E-state index contributed by atoms with van der Waals surface area (Å²) >= 11 is 0. The van der Waals surface area contributed by atoms with Crippen LogP contribution in [0.15, 0.2) is 47.3 Å². The summed E-state index contributed by atoms with van der Waals surface area (Å²) in [5, 5.41) is 1.46. The summed E-state index contributed by atoms with van der Waals surface area (Å²) in [5.41, 5.74) is 1.51. The quantitative estimate of drug-likeness (QED) is 0.627. The molecule has 4 rings (SSSR count). The highest BCUT2D eigenvalue weighted by atomic mass is 16.6. The second kappa shape index (κ2) is 6.96. The van der Waals surface area contributed by atoms with E-state index in [4.69, 9.17) is 18.9 Å². The first-order valence-electron chi connectivity index (χ1n) is 8.71. The molecule has 3 aromatic rings. The van der Waals surface area contributed by atoms with Crippen LogP contribution in [0.2, 0.25) is 0 Å². The van der Waals surface area contributed by atoms with Gasteiger partial charge in [0.15, 0.2) is 0 Å². The maximum absolute atomic E-state index is 12.9. The van der Waals surface area contributed by atoms with Gasteiger partial charge in [0.2, 0.25) is 0 Å². The SMILES string of the molecule is COc1ccc(-c2cc3ccc(OC)cc3c(=O)n2C)c(OCC2CO2)c1. The van der Waals surface area contributed by atoms with Gasteiger partial charge in [-0.05, 0) is 35.7 Å². The molecule has 0 N–H and O–H groups in total. The lowest BCUT2D eigenvalue weighted by Crippen LogP contribution is -2.19. The van der Waals surface area contributed by atoms with Crippen molar-refractivity contribution in [2.24, 2.45) is 7.05 Å². The number of nitrogens with zero attached hydrogens (tertiary/aromatic N) is 1. The van der Waals surface area contributed by atoms with E-state index >= 15 is 0 Å². The molecule has 0 spiro atoms. The third kappa shape index (κ3) is 3.36. The van der Waals surface area contributed by atoms with Gasteiger partial charge in [-0.25, -0.2) is 0 Å². The van der Waals surface area contributed by atoms with Crippen molar-refractivity contribution < 1.29 is 18.9 Å². The molecule has 0 amide bonds. The first-order chi connectivity index (χ1) is 13.1. The number of aromatic nitrogens is 1. The highest BCUT2D eigenvalue weighted by Crippen LogP contribution is 2.34. The predicted octanol–water partition coefficient (Wildman–Crippen LogP) is 3.00. The summed E-state index contributed by atoms with van der Waals surface area (Å²) in [5.74, 6) is 2.01. The lowest BCUT2D eigenvalue weighted by molar-refractivity contribution is 0.262. The predicted molar refractivity (Wildman–Crippen MR) is 103 cm³/mol. The second-order valence-corrected chi connectivity index (χ2v) is 6.48. The van der Waals surface area contributed by atoms with Crippen molar-refractivity contribution >= 4 is 10.8 Å². The van der Waals surface area contributed by atoms with Crippen molar-refractivity contribution in [1.82, 2.24) is 4.57 Å². The van der Waals surface area contributed by atoms with Gasteiger partial charge in [0, 0.05) is 18.7 Å². The minimum atomic E-state index is -0.0892. The fourth-order valence-electron chi connectivity index (χ4n) is 3.07. The number of ether oxygens (including phenoxy) is 4. The van der Waals surface area contributed by atoms with E-state index in [0.717, 1.165) is 23.3 Å². The van der Waals surface area contributed by atoms with Crippen molar-refractivity contribution in [3.8, 4) is 28.5 Å². The molecule has 1 aliphatic heterocycles. The van der Waals surface area contributed by atoms with Crippen molar-refractivity contribution in [3.63, 3.8) is 0 Å². The Morgan fingerprint density at radius 2 is 1.78 bits per heavy atom. The Labute approximate surface area is 156 Å². The van der Waals surface area contributed by atoms with Gasteiger partial charge in [-0.2, -0.15) is 0 Å². The van der Waals surface area contributed by atoms with Crippen LogP contribution in [0.4, 0.5) is 0 Å². The molecule has 0 bridgehead atoms. The van der Waals surface area contributed by atoms with Crippen LogP contribution in [0.5, 0.6) is 17.2 Å². The van der Waals surface area contributed by atoms with E-state index < -0.39 is 0 Å². The van der Waals surface area contributed by atoms with Crippen LogP contribution in [0, 0.1) is 0 Å². The molecule has 1 atom stereocenters. The van der Waals surface area contributed by atoms with Crippen molar-refractivity contribution in [2.45, 2.75) is 6.10 Å². The Balaban J connectivity index is 1.85. The van der Waals surface area contributed by atoms with Crippen molar-refractivity contribution in [2.75, 3.05) is 27.4 Å². The number of rotatable bonds is 6. The zero-order valence-corrected chi connectivity index (χ0v) is 15.5. The molecule has 0 aliphatic carbocycles. The Kier molecular flexibility index (Phi) is 4.49. The molecule has 27 heavy (non-hydrogen) atoms. The lowest BCUT2D eigenvalue weighted by Gasteiger charge is -2.16. The molecule has 0 radical (unpaired) electrons. The lowest BCUT2D eigenvalue weighted by atomic mass is 10.0. The summed E-state index contributed by atoms with van der Waals surface area (Å²) in [6, 6.07) is 13.1. The van der Waals surface area contributed by atoms with E-state index in [1.165, 1.54) is 0 Å². The zero-order valence-electron chi connectivity index (χ0n) is 15.5.